The van der Waals surface area contributed by atoms with Crippen molar-refractivity contribution in [1.82, 2.24) is 9.55 Å². The number of aromatic nitrogens is 2. The lowest BCUT2D eigenvalue weighted by atomic mass is 10.2. The number of fused-ring (bicyclic) bond motifs is 1. The van der Waals surface area contributed by atoms with Crippen molar-refractivity contribution in [2.45, 2.75) is 44.2 Å². The molecule has 0 atom stereocenters. The Kier molecular flexibility index (Phi) is 7.08. The number of nitrogens with zero attached hydrogens (tertiary/aromatic N) is 2. The molecule has 1 amide bonds. The zero-order valence-electron chi connectivity index (χ0n) is 17.2. The quantitative estimate of drug-likeness (QED) is 0.502. The maximum atomic E-state index is 13.6. The molecule has 1 aromatic carbocycles. The van der Waals surface area contributed by atoms with Crippen molar-refractivity contribution in [3.8, 4) is 0 Å². The molecule has 0 bridgehead atoms. The second-order valence-corrected chi connectivity index (χ2v) is 8.71. The molecular weight excluding hydrogens is 391 g/mol. The average Bonchev–Trinajstić information content (AvgIpc) is 3.14. The van der Waals surface area contributed by atoms with Crippen molar-refractivity contribution < 1.29 is 14.1 Å². The largest absolute Gasteiger partial charge is 0.348 e. The van der Waals surface area contributed by atoms with Gasteiger partial charge in [-0.3, -0.25) is 9.36 Å². The van der Waals surface area contributed by atoms with Crippen LogP contribution in [0, 0.1) is 12.7 Å². The van der Waals surface area contributed by atoms with E-state index in [2.05, 4.69) is 24.4 Å². The van der Waals surface area contributed by atoms with E-state index < -0.39 is 0 Å². The summed E-state index contributed by atoms with van der Waals surface area (Å²) in [6.07, 6.45) is 3.69. The van der Waals surface area contributed by atoms with E-state index in [1.165, 1.54) is 22.7 Å². The summed E-state index contributed by atoms with van der Waals surface area (Å²) in [5.41, 5.74) is 2.89. The van der Waals surface area contributed by atoms with Crippen LogP contribution in [0.25, 0.3) is 0 Å². The number of quaternary nitrogens is 1. The van der Waals surface area contributed by atoms with Crippen LogP contribution in [0.4, 0.5) is 10.1 Å². The fourth-order valence-corrected chi connectivity index (χ4v) is 4.41. The van der Waals surface area contributed by atoms with Crippen LogP contribution in [-0.2, 0) is 24.2 Å². The zero-order chi connectivity index (χ0) is 21.0. The van der Waals surface area contributed by atoms with Gasteiger partial charge in [0.25, 0.3) is 0 Å². The second kappa shape index (κ2) is 9.54. The van der Waals surface area contributed by atoms with Crippen LogP contribution in [0.1, 0.15) is 29.7 Å². The predicted molar refractivity (Wildman–Crippen MR) is 113 cm³/mol. The highest BCUT2D eigenvalue weighted by molar-refractivity contribution is 8.00. The number of hydrogen-bond acceptors (Lipinski definition) is 4. The van der Waals surface area contributed by atoms with Gasteiger partial charge in [-0.15, -0.1) is 0 Å². The molecule has 0 fully saturated rings. The summed E-state index contributed by atoms with van der Waals surface area (Å²) in [4.78, 5) is 30.5. The maximum Gasteiger partial charge on any atom is 0.348 e. The van der Waals surface area contributed by atoms with Gasteiger partial charge in [-0.2, -0.15) is 4.98 Å². The Hall–Kier alpha value is -2.19. The maximum absolute atomic E-state index is 13.6. The third-order valence-corrected chi connectivity index (χ3v) is 6.07. The highest BCUT2D eigenvalue weighted by atomic mass is 32.2. The predicted octanol–water partition coefficient (Wildman–Crippen LogP) is 1.44. The molecule has 1 aliphatic carbocycles. The molecule has 1 aliphatic rings. The van der Waals surface area contributed by atoms with Gasteiger partial charge in [0.05, 0.1) is 26.4 Å². The van der Waals surface area contributed by atoms with Crippen LogP contribution in [0.5, 0.6) is 0 Å². The van der Waals surface area contributed by atoms with Crippen LogP contribution < -0.4 is 15.9 Å². The third kappa shape index (κ3) is 5.45. The first-order chi connectivity index (χ1) is 13.8. The van der Waals surface area contributed by atoms with Crippen molar-refractivity contribution in [2.24, 2.45) is 0 Å². The molecule has 0 aliphatic heterocycles. The van der Waals surface area contributed by atoms with E-state index in [0.29, 0.717) is 22.8 Å². The molecule has 156 valence electrons. The first-order valence-electron chi connectivity index (χ1n) is 9.95. The lowest BCUT2D eigenvalue weighted by Gasteiger charge is -2.15. The minimum atomic E-state index is -0.352. The summed E-state index contributed by atoms with van der Waals surface area (Å²) in [6, 6.07) is 4.61. The molecule has 0 unspecified atom stereocenters. The van der Waals surface area contributed by atoms with Gasteiger partial charge in [0.1, 0.15) is 10.8 Å². The summed E-state index contributed by atoms with van der Waals surface area (Å²) in [5, 5.41) is 3.35. The number of amides is 1. The van der Waals surface area contributed by atoms with Crippen molar-refractivity contribution in [2.75, 3.05) is 31.7 Å². The number of aryl methyl sites for hydroxylation is 1. The number of rotatable bonds is 8. The van der Waals surface area contributed by atoms with E-state index in [9.17, 15) is 14.0 Å². The lowest BCUT2D eigenvalue weighted by Crippen LogP contribution is -3.05. The molecule has 2 aromatic rings. The van der Waals surface area contributed by atoms with E-state index in [-0.39, 0.29) is 23.2 Å². The van der Waals surface area contributed by atoms with Gasteiger partial charge in [0.15, 0.2) is 0 Å². The summed E-state index contributed by atoms with van der Waals surface area (Å²) in [6.45, 7) is 3.36. The fraction of sp³-hybridized carbons (Fsp3) is 0.476. The minimum absolute atomic E-state index is 0.127. The Labute approximate surface area is 174 Å². The first kappa shape index (κ1) is 21.5. The number of carbonyl (C=O) groups excluding carboxylic acids is 1. The number of anilines is 1. The number of hydrogen-bond donors (Lipinski definition) is 2. The van der Waals surface area contributed by atoms with Crippen LogP contribution in [0.15, 0.2) is 28.0 Å². The summed E-state index contributed by atoms with van der Waals surface area (Å²) >= 11 is 1.28. The summed E-state index contributed by atoms with van der Waals surface area (Å²) in [7, 11) is 4.20. The molecule has 0 radical (unpaired) electrons. The number of halogens is 1. The Balaban J connectivity index is 1.67. The van der Waals surface area contributed by atoms with Gasteiger partial charge in [-0.25, -0.2) is 9.18 Å². The SMILES string of the molecule is Cc1ccc(NC(=O)CSc2nc(=O)n(CCC[NH+](C)C)c3c2CCC3)cc1F. The monoisotopic (exact) mass is 419 g/mol. The van der Waals surface area contributed by atoms with Gasteiger partial charge in [-0.1, -0.05) is 17.8 Å². The minimum Gasteiger partial charge on any atom is -0.340 e. The fourth-order valence-electron chi connectivity index (χ4n) is 3.53. The highest BCUT2D eigenvalue weighted by Gasteiger charge is 2.22. The van der Waals surface area contributed by atoms with E-state index >= 15 is 0 Å². The molecule has 0 saturated carbocycles. The van der Waals surface area contributed by atoms with Crippen molar-refractivity contribution in [3.05, 3.63) is 51.3 Å². The Morgan fingerprint density at radius 3 is 2.86 bits per heavy atom. The van der Waals surface area contributed by atoms with Crippen LogP contribution in [0.3, 0.4) is 0 Å². The molecule has 2 N–H and O–H groups in total. The third-order valence-electron chi connectivity index (χ3n) is 5.05. The van der Waals surface area contributed by atoms with Gasteiger partial charge in [0.2, 0.25) is 5.91 Å². The van der Waals surface area contributed by atoms with Crippen LogP contribution in [-0.4, -0.2) is 41.9 Å². The summed E-state index contributed by atoms with van der Waals surface area (Å²) < 4.78 is 15.5. The Bertz CT molecular complexity index is 958. The van der Waals surface area contributed by atoms with E-state index in [4.69, 9.17) is 0 Å². The topological polar surface area (TPSA) is 68.4 Å². The first-order valence-corrected chi connectivity index (χ1v) is 10.9. The number of thioether (sulfide) groups is 1. The number of carbonyl (C=O) groups is 1. The Morgan fingerprint density at radius 1 is 1.34 bits per heavy atom. The average molecular weight is 420 g/mol. The van der Waals surface area contributed by atoms with Gasteiger partial charge >= 0.3 is 5.69 Å². The Morgan fingerprint density at radius 2 is 2.14 bits per heavy atom. The van der Waals surface area contributed by atoms with Gasteiger partial charge in [-0.05, 0) is 43.9 Å². The lowest BCUT2D eigenvalue weighted by molar-refractivity contribution is -0.858. The molecule has 1 heterocycles. The smallest absolute Gasteiger partial charge is 0.340 e. The normalized spacial score (nSPS) is 13.0. The van der Waals surface area contributed by atoms with Crippen molar-refractivity contribution in [3.63, 3.8) is 0 Å². The van der Waals surface area contributed by atoms with E-state index in [1.807, 2.05) is 4.57 Å². The van der Waals surface area contributed by atoms with Gasteiger partial charge < -0.3 is 10.2 Å². The molecule has 29 heavy (non-hydrogen) atoms. The molecule has 0 spiro atoms. The molecule has 1 aromatic heterocycles. The second-order valence-electron chi connectivity index (χ2n) is 7.74. The van der Waals surface area contributed by atoms with Crippen molar-refractivity contribution >= 4 is 23.4 Å². The van der Waals surface area contributed by atoms with E-state index in [1.54, 1.807) is 19.1 Å². The van der Waals surface area contributed by atoms with Gasteiger partial charge in [0, 0.05) is 29.9 Å². The zero-order valence-corrected chi connectivity index (χ0v) is 18.0. The van der Waals surface area contributed by atoms with Crippen LogP contribution >= 0.6 is 11.8 Å². The number of benzene rings is 1. The van der Waals surface area contributed by atoms with E-state index in [0.717, 1.165) is 43.5 Å². The van der Waals surface area contributed by atoms with Crippen molar-refractivity contribution in [1.29, 1.82) is 0 Å². The standard InChI is InChI=1S/C21H27FN4O2S/c1-14-8-9-15(12-17(14)22)23-19(27)13-29-20-16-6-4-7-18(16)26(21(28)24-20)11-5-10-25(2)3/h8-9,12H,4-7,10-11,13H2,1-3H3,(H,23,27)/p+1. The summed E-state index contributed by atoms with van der Waals surface area (Å²) in [5.74, 6) is -0.470. The highest BCUT2D eigenvalue weighted by Crippen LogP contribution is 2.29. The van der Waals surface area contributed by atoms with Crippen LogP contribution in [0.2, 0.25) is 0 Å². The molecule has 3 rings (SSSR count). The molecule has 8 heteroatoms. The molecule has 0 saturated heterocycles. The molecular formula is C21H28FN4O2S+. The number of nitrogens with one attached hydrogen (secondary N) is 2. The molecule has 6 nitrogen and oxygen atoms in total.